The molecule has 2 heterocycles. The molecule has 5 heteroatoms. The Bertz CT molecular complexity index is 338. The molecule has 0 radical (unpaired) electrons. The van der Waals surface area contributed by atoms with Crippen LogP contribution < -0.4 is 0 Å². The normalized spacial score (nSPS) is 30.6. The molecule has 0 saturated carbocycles. The molecule has 0 aromatic heterocycles. The summed E-state index contributed by atoms with van der Waals surface area (Å²) >= 11 is 0. The van der Waals surface area contributed by atoms with Gasteiger partial charge < -0.3 is 14.8 Å². The predicted octanol–water partition coefficient (Wildman–Crippen LogP) is 2.03. The van der Waals surface area contributed by atoms with E-state index in [1.165, 1.54) is 0 Å². The summed E-state index contributed by atoms with van der Waals surface area (Å²) in [6.45, 7) is 4.20. The first kappa shape index (κ1) is 14.3. The zero-order chi connectivity index (χ0) is 13.7. The first-order valence-electron chi connectivity index (χ1n) is 7.34. The maximum absolute atomic E-state index is 12.3. The third kappa shape index (κ3) is 3.69. The van der Waals surface area contributed by atoms with Gasteiger partial charge in [0.15, 0.2) is 0 Å². The van der Waals surface area contributed by atoms with Crippen LogP contribution in [0.2, 0.25) is 0 Å². The zero-order valence-electron chi connectivity index (χ0n) is 11.7. The van der Waals surface area contributed by atoms with Crippen molar-refractivity contribution in [1.82, 2.24) is 4.90 Å². The van der Waals surface area contributed by atoms with E-state index in [1.807, 2.05) is 4.90 Å². The van der Waals surface area contributed by atoms with Crippen LogP contribution >= 0.6 is 0 Å². The molecule has 2 rings (SSSR count). The molecule has 0 spiro atoms. The number of oxime groups is 1. The Labute approximate surface area is 114 Å². The molecule has 108 valence electrons. The molecule has 2 saturated heterocycles. The summed E-state index contributed by atoms with van der Waals surface area (Å²) in [5.74, 6) is 0.386. The van der Waals surface area contributed by atoms with Crippen LogP contribution in [0.15, 0.2) is 5.16 Å². The SMILES string of the molecule is CCC1CN(C(=O)CC2CCCCO2)CCC1=NO. The molecular weight excluding hydrogens is 244 g/mol. The van der Waals surface area contributed by atoms with Gasteiger partial charge in [-0.05, 0) is 25.7 Å². The van der Waals surface area contributed by atoms with Crippen molar-refractivity contribution in [2.45, 2.75) is 51.6 Å². The fraction of sp³-hybridized carbons (Fsp3) is 0.857. The van der Waals surface area contributed by atoms with Gasteiger partial charge in [0.1, 0.15) is 0 Å². The van der Waals surface area contributed by atoms with E-state index in [-0.39, 0.29) is 17.9 Å². The lowest BCUT2D eigenvalue weighted by atomic mass is 9.93. The number of carbonyl (C=O) groups excluding carboxylic acids is 1. The van der Waals surface area contributed by atoms with Crippen LogP contribution in [0.4, 0.5) is 0 Å². The topological polar surface area (TPSA) is 62.1 Å². The number of rotatable bonds is 3. The summed E-state index contributed by atoms with van der Waals surface area (Å²) in [5.41, 5.74) is 0.834. The molecule has 2 unspecified atom stereocenters. The largest absolute Gasteiger partial charge is 0.411 e. The molecule has 0 aliphatic carbocycles. The molecule has 0 aromatic rings. The number of hydrogen-bond donors (Lipinski definition) is 1. The first-order chi connectivity index (χ1) is 9.24. The molecule has 2 atom stereocenters. The summed E-state index contributed by atoms with van der Waals surface area (Å²) in [5, 5.41) is 12.3. The van der Waals surface area contributed by atoms with Crippen molar-refractivity contribution in [3.05, 3.63) is 0 Å². The Morgan fingerprint density at radius 2 is 2.37 bits per heavy atom. The Hall–Kier alpha value is -1.10. The van der Waals surface area contributed by atoms with Gasteiger partial charge >= 0.3 is 0 Å². The lowest BCUT2D eigenvalue weighted by molar-refractivity contribution is -0.135. The summed E-state index contributed by atoms with van der Waals surface area (Å²) in [7, 11) is 0. The zero-order valence-corrected chi connectivity index (χ0v) is 11.7. The van der Waals surface area contributed by atoms with Gasteiger partial charge in [-0.2, -0.15) is 0 Å². The third-order valence-corrected chi connectivity index (χ3v) is 4.20. The quantitative estimate of drug-likeness (QED) is 0.629. The van der Waals surface area contributed by atoms with Crippen molar-refractivity contribution < 1.29 is 14.7 Å². The number of ether oxygens (including phenoxy) is 1. The van der Waals surface area contributed by atoms with Crippen molar-refractivity contribution in [2.24, 2.45) is 11.1 Å². The predicted molar refractivity (Wildman–Crippen MR) is 72.4 cm³/mol. The molecule has 5 nitrogen and oxygen atoms in total. The number of piperidine rings is 1. The maximum atomic E-state index is 12.3. The smallest absolute Gasteiger partial charge is 0.225 e. The molecule has 2 aliphatic heterocycles. The van der Waals surface area contributed by atoms with E-state index in [4.69, 9.17) is 9.94 Å². The highest BCUT2D eigenvalue weighted by Gasteiger charge is 2.29. The second kappa shape index (κ2) is 6.89. The number of amides is 1. The van der Waals surface area contributed by atoms with Crippen molar-refractivity contribution in [1.29, 1.82) is 0 Å². The molecule has 2 fully saturated rings. The molecule has 0 aromatic carbocycles. The highest BCUT2D eigenvalue weighted by atomic mass is 16.5. The van der Waals surface area contributed by atoms with Crippen LogP contribution in [-0.4, -0.2) is 47.5 Å². The average molecular weight is 268 g/mol. The summed E-state index contributed by atoms with van der Waals surface area (Å²) in [4.78, 5) is 14.2. The van der Waals surface area contributed by atoms with E-state index in [9.17, 15) is 4.79 Å². The van der Waals surface area contributed by atoms with Crippen molar-refractivity contribution in [2.75, 3.05) is 19.7 Å². The lowest BCUT2D eigenvalue weighted by Crippen LogP contribution is -2.45. The summed E-state index contributed by atoms with van der Waals surface area (Å²) < 4.78 is 5.62. The standard InChI is InChI=1S/C14H24N2O3/c1-2-11-10-16(7-6-13(11)15-18)14(17)9-12-5-3-4-8-19-12/h11-12,18H,2-10H2,1H3. The van der Waals surface area contributed by atoms with E-state index in [0.29, 0.717) is 25.9 Å². The van der Waals surface area contributed by atoms with Gasteiger partial charge in [0.2, 0.25) is 5.91 Å². The van der Waals surface area contributed by atoms with Gasteiger partial charge in [-0.15, -0.1) is 0 Å². The maximum Gasteiger partial charge on any atom is 0.225 e. The number of likely N-dealkylation sites (tertiary alicyclic amines) is 1. The summed E-state index contributed by atoms with van der Waals surface area (Å²) in [6, 6.07) is 0. The fourth-order valence-electron chi connectivity index (χ4n) is 2.93. The van der Waals surface area contributed by atoms with Crippen molar-refractivity contribution in [3.63, 3.8) is 0 Å². The fourth-order valence-corrected chi connectivity index (χ4v) is 2.93. The van der Waals surface area contributed by atoms with Crippen LogP contribution in [0, 0.1) is 5.92 Å². The molecule has 1 amide bonds. The van der Waals surface area contributed by atoms with E-state index in [0.717, 1.165) is 38.0 Å². The van der Waals surface area contributed by atoms with E-state index in [1.54, 1.807) is 0 Å². The van der Waals surface area contributed by atoms with Gasteiger partial charge in [-0.1, -0.05) is 12.1 Å². The van der Waals surface area contributed by atoms with Gasteiger partial charge in [0.05, 0.1) is 18.2 Å². The summed E-state index contributed by atoms with van der Waals surface area (Å²) in [6.07, 6.45) is 5.48. The third-order valence-electron chi connectivity index (χ3n) is 4.20. The second-order valence-electron chi connectivity index (χ2n) is 5.48. The highest BCUT2D eigenvalue weighted by Crippen LogP contribution is 2.21. The van der Waals surface area contributed by atoms with Crippen molar-refractivity contribution in [3.8, 4) is 0 Å². The van der Waals surface area contributed by atoms with Gasteiger partial charge in [-0.3, -0.25) is 4.79 Å². The Kier molecular flexibility index (Phi) is 5.19. The molecule has 2 aliphatic rings. The average Bonchev–Trinajstić information content (AvgIpc) is 2.47. The van der Waals surface area contributed by atoms with Gasteiger partial charge in [0.25, 0.3) is 0 Å². The van der Waals surface area contributed by atoms with Crippen LogP contribution in [-0.2, 0) is 9.53 Å². The monoisotopic (exact) mass is 268 g/mol. The lowest BCUT2D eigenvalue weighted by Gasteiger charge is -2.34. The molecule has 0 bridgehead atoms. The van der Waals surface area contributed by atoms with Gasteiger partial charge in [0, 0.05) is 32.0 Å². The van der Waals surface area contributed by atoms with E-state index in [2.05, 4.69) is 12.1 Å². The Balaban J connectivity index is 1.85. The van der Waals surface area contributed by atoms with Crippen LogP contribution in [0.1, 0.15) is 45.4 Å². The molecular formula is C14H24N2O3. The minimum Gasteiger partial charge on any atom is -0.411 e. The molecule has 1 N–H and O–H groups in total. The van der Waals surface area contributed by atoms with E-state index >= 15 is 0 Å². The highest BCUT2D eigenvalue weighted by molar-refractivity contribution is 5.89. The number of carbonyl (C=O) groups is 1. The minimum atomic E-state index is 0.106. The van der Waals surface area contributed by atoms with Crippen LogP contribution in [0.3, 0.4) is 0 Å². The van der Waals surface area contributed by atoms with Crippen LogP contribution in [0.5, 0.6) is 0 Å². The van der Waals surface area contributed by atoms with Crippen LogP contribution in [0.25, 0.3) is 0 Å². The first-order valence-corrected chi connectivity index (χ1v) is 7.34. The Morgan fingerprint density at radius 3 is 3.00 bits per heavy atom. The second-order valence-corrected chi connectivity index (χ2v) is 5.48. The number of nitrogens with zero attached hydrogens (tertiary/aromatic N) is 2. The van der Waals surface area contributed by atoms with Crippen molar-refractivity contribution >= 4 is 11.6 Å². The number of hydrogen-bond acceptors (Lipinski definition) is 4. The Morgan fingerprint density at radius 1 is 1.53 bits per heavy atom. The van der Waals surface area contributed by atoms with E-state index < -0.39 is 0 Å². The molecule has 19 heavy (non-hydrogen) atoms. The van der Waals surface area contributed by atoms with Gasteiger partial charge in [-0.25, -0.2) is 0 Å². The minimum absolute atomic E-state index is 0.106.